The molecule has 110 valence electrons. The summed E-state index contributed by atoms with van der Waals surface area (Å²) >= 11 is 0. The van der Waals surface area contributed by atoms with Crippen LogP contribution in [-0.2, 0) is 0 Å². The summed E-state index contributed by atoms with van der Waals surface area (Å²) in [7, 11) is 0. The molecule has 0 saturated carbocycles. The van der Waals surface area contributed by atoms with E-state index in [2.05, 4.69) is 23.7 Å². The van der Waals surface area contributed by atoms with Crippen molar-refractivity contribution in [2.24, 2.45) is 0 Å². The highest BCUT2D eigenvalue weighted by atomic mass is 16.5. The number of pyridine rings is 1. The van der Waals surface area contributed by atoms with Gasteiger partial charge in [-0.3, -0.25) is 4.90 Å². The summed E-state index contributed by atoms with van der Waals surface area (Å²) in [4.78, 5) is 6.67. The molecule has 0 aliphatic heterocycles. The van der Waals surface area contributed by atoms with Crippen molar-refractivity contribution < 1.29 is 4.74 Å². The van der Waals surface area contributed by atoms with Gasteiger partial charge in [-0.2, -0.15) is 0 Å². The molecule has 0 spiro atoms. The van der Waals surface area contributed by atoms with Crippen molar-refractivity contribution in [1.29, 1.82) is 0 Å². The van der Waals surface area contributed by atoms with Crippen LogP contribution in [0.1, 0.15) is 46.1 Å². The number of nitrogens with zero attached hydrogens (tertiary/aromatic N) is 2. The quantitative estimate of drug-likeness (QED) is 0.713. The Kier molecular flexibility index (Phi) is 11.3. The van der Waals surface area contributed by atoms with E-state index in [0.717, 1.165) is 37.7 Å². The Morgan fingerprint density at radius 3 is 2.16 bits per heavy atom. The Hall–Kier alpha value is -1.09. The summed E-state index contributed by atoms with van der Waals surface area (Å²) in [5, 5.41) is 0. The minimum atomic E-state index is 0.718. The van der Waals surface area contributed by atoms with Crippen LogP contribution in [0.4, 0.5) is 0 Å². The number of ether oxygens (including phenoxy) is 1. The van der Waals surface area contributed by atoms with Gasteiger partial charge < -0.3 is 4.74 Å². The zero-order valence-corrected chi connectivity index (χ0v) is 13.3. The van der Waals surface area contributed by atoms with Gasteiger partial charge in [-0.05, 0) is 38.4 Å². The fourth-order valence-corrected chi connectivity index (χ4v) is 1.79. The van der Waals surface area contributed by atoms with E-state index in [9.17, 15) is 0 Å². The number of aryl methyl sites for hydroxylation is 1. The number of hydrogen-bond donors (Lipinski definition) is 0. The minimum Gasteiger partial charge on any atom is -0.476 e. The maximum Gasteiger partial charge on any atom is 0.213 e. The summed E-state index contributed by atoms with van der Waals surface area (Å²) in [5.41, 5.74) is 1.16. The van der Waals surface area contributed by atoms with Crippen molar-refractivity contribution in [2.45, 2.75) is 47.5 Å². The summed E-state index contributed by atoms with van der Waals surface area (Å²) in [6, 6.07) is 3.96. The molecule has 1 rings (SSSR count). The van der Waals surface area contributed by atoms with Crippen LogP contribution in [0.2, 0.25) is 0 Å². The molecule has 0 N–H and O–H groups in total. The third-order valence-electron chi connectivity index (χ3n) is 2.62. The highest BCUT2D eigenvalue weighted by Gasteiger charge is 2.02. The molecule has 3 heteroatoms. The predicted octanol–water partition coefficient (Wildman–Crippen LogP) is 3.92. The lowest BCUT2D eigenvalue weighted by atomic mass is 10.3. The Bertz CT molecular complexity index is 292. The van der Waals surface area contributed by atoms with Crippen LogP contribution in [0, 0.1) is 6.92 Å². The van der Waals surface area contributed by atoms with Crippen LogP contribution in [0.5, 0.6) is 5.88 Å². The van der Waals surface area contributed by atoms with Crippen LogP contribution in [0.3, 0.4) is 0 Å². The van der Waals surface area contributed by atoms with Crippen LogP contribution >= 0.6 is 0 Å². The van der Waals surface area contributed by atoms with E-state index in [0.29, 0.717) is 0 Å². The Labute approximate surface area is 119 Å². The van der Waals surface area contributed by atoms with Crippen molar-refractivity contribution in [2.75, 3.05) is 26.2 Å². The maximum absolute atomic E-state index is 5.63. The van der Waals surface area contributed by atoms with Gasteiger partial charge in [0.1, 0.15) is 6.61 Å². The molecule has 3 nitrogen and oxygen atoms in total. The molecule has 0 aliphatic rings. The molecule has 0 amide bonds. The van der Waals surface area contributed by atoms with Gasteiger partial charge in [-0.1, -0.05) is 33.8 Å². The van der Waals surface area contributed by atoms with E-state index in [1.807, 2.05) is 39.1 Å². The molecule has 0 aromatic carbocycles. The molecule has 0 aliphatic carbocycles. The first-order chi connectivity index (χ1) is 9.26. The van der Waals surface area contributed by atoms with E-state index in [1.165, 1.54) is 12.8 Å². The summed E-state index contributed by atoms with van der Waals surface area (Å²) in [5.74, 6) is 0.726. The number of aromatic nitrogens is 1. The normalized spacial score (nSPS) is 10.0. The van der Waals surface area contributed by atoms with Gasteiger partial charge in [-0.25, -0.2) is 4.98 Å². The lowest BCUT2D eigenvalue weighted by Crippen LogP contribution is -2.30. The van der Waals surface area contributed by atoms with Crippen molar-refractivity contribution in [3.8, 4) is 5.88 Å². The second kappa shape index (κ2) is 12.0. The lowest BCUT2D eigenvalue weighted by Gasteiger charge is -2.20. The first-order valence-electron chi connectivity index (χ1n) is 7.54. The average molecular weight is 266 g/mol. The minimum absolute atomic E-state index is 0.718. The SMILES string of the molecule is CC.CCCN(CCC)CCOc1ccc(C)cn1. The third-order valence-corrected chi connectivity index (χ3v) is 2.62. The number of rotatable bonds is 8. The molecule has 1 aromatic heterocycles. The van der Waals surface area contributed by atoms with Gasteiger partial charge in [0.05, 0.1) is 0 Å². The molecule has 19 heavy (non-hydrogen) atoms. The van der Waals surface area contributed by atoms with Gasteiger partial charge >= 0.3 is 0 Å². The van der Waals surface area contributed by atoms with Crippen molar-refractivity contribution in [3.05, 3.63) is 23.9 Å². The Morgan fingerprint density at radius 1 is 1.05 bits per heavy atom. The molecule has 0 saturated heterocycles. The number of hydrogen-bond acceptors (Lipinski definition) is 3. The zero-order chi connectivity index (χ0) is 14.5. The third kappa shape index (κ3) is 8.60. The molecule has 1 heterocycles. The summed E-state index contributed by atoms with van der Waals surface area (Å²) < 4.78 is 5.63. The van der Waals surface area contributed by atoms with Crippen LogP contribution in [0.15, 0.2) is 18.3 Å². The standard InChI is InChI=1S/C14H24N2O.C2H6/c1-4-8-16(9-5-2)10-11-17-14-7-6-13(3)12-15-14;1-2/h6-7,12H,4-5,8-11H2,1-3H3;1-2H3. The Morgan fingerprint density at radius 2 is 1.68 bits per heavy atom. The average Bonchev–Trinajstić information content (AvgIpc) is 2.44. The summed E-state index contributed by atoms with van der Waals surface area (Å²) in [6.07, 6.45) is 4.23. The predicted molar refractivity (Wildman–Crippen MR) is 82.8 cm³/mol. The second-order valence-corrected chi connectivity index (χ2v) is 4.36. The molecule has 0 atom stereocenters. The van der Waals surface area contributed by atoms with Gasteiger partial charge in [0.15, 0.2) is 0 Å². The second-order valence-electron chi connectivity index (χ2n) is 4.36. The first-order valence-corrected chi connectivity index (χ1v) is 7.54. The van der Waals surface area contributed by atoms with Crippen molar-refractivity contribution >= 4 is 0 Å². The van der Waals surface area contributed by atoms with Crippen LogP contribution in [-0.4, -0.2) is 36.1 Å². The molecule has 0 unspecified atom stereocenters. The zero-order valence-electron chi connectivity index (χ0n) is 13.3. The van der Waals surface area contributed by atoms with E-state index < -0.39 is 0 Å². The maximum atomic E-state index is 5.63. The van der Waals surface area contributed by atoms with Gasteiger partial charge in [0.25, 0.3) is 0 Å². The van der Waals surface area contributed by atoms with E-state index >= 15 is 0 Å². The van der Waals surface area contributed by atoms with E-state index in [-0.39, 0.29) is 0 Å². The van der Waals surface area contributed by atoms with Crippen LogP contribution < -0.4 is 4.74 Å². The smallest absolute Gasteiger partial charge is 0.213 e. The van der Waals surface area contributed by atoms with E-state index in [1.54, 1.807) is 0 Å². The molecule has 0 fully saturated rings. The lowest BCUT2D eigenvalue weighted by molar-refractivity contribution is 0.205. The molecule has 1 aromatic rings. The highest BCUT2D eigenvalue weighted by Crippen LogP contribution is 2.06. The largest absolute Gasteiger partial charge is 0.476 e. The van der Waals surface area contributed by atoms with Gasteiger partial charge in [0, 0.05) is 18.8 Å². The molecule has 0 bridgehead atoms. The fourth-order valence-electron chi connectivity index (χ4n) is 1.79. The van der Waals surface area contributed by atoms with Crippen molar-refractivity contribution in [3.63, 3.8) is 0 Å². The van der Waals surface area contributed by atoms with E-state index in [4.69, 9.17) is 4.74 Å². The topological polar surface area (TPSA) is 25.4 Å². The van der Waals surface area contributed by atoms with Crippen molar-refractivity contribution in [1.82, 2.24) is 9.88 Å². The monoisotopic (exact) mass is 266 g/mol. The molecular weight excluding hydrogens is 236 g/mol. The molecule has 0 radical (unpaired) electrons. The Balaban J connectivity index is 0.00000154. The summed E-state index contributed by atoms with van der Waals surface area (Å²) in [6.45, 7) is 14.5. The van der Waals surface area contributed by atoms with Gasteiger partial charge in [-0.15, -0.1) is 0 Å². The molecular formula is C16H30N2O. The van der Waals surface area contributed by atoms with Crippen LogP contribution in [0.25, 0.3) is 0 Å². The fraction of sp³-hybridized carbons (Fsp3) is 0.688. The first kappa shape index (κ1) is 17.9. The highest BCUT2D eigenvalue weighted by molar-refractivity contribution is 5.16. The van der Waals surface area contributed by atoms with Gasteiger partial charge in [0.2, 0.25) is 5.88 Å².